The van der Waals surface area contributed by atoms with Crippen LogP contribution in [0, 0.1) is 0 Å². The summed E-state index contributed by atoms with van der Waals surface area (Å²) in [6.45, 7) is 1.95. The molecule has 2 rings (SSSR count). The molecule has 3 N–H and O–H groups in total. The second-order valence-electron chi connectivity index (χ2n) is 4.34. The van der Waals surface area contributed by atoms with Crippen molar-refractivity contribution >= 4 is 11.9 Å². The summed E-state index contributed by atoms with van der Waals surface area (Å²) < 4.78 is 15.4. The fraction of sp³-hybridized carbons (Fsp3) is 0.286. The van der Waals surface area contributed by atoms with Crippen LogP contribution < -0.4 is 15.2 Å². The van der Waals surface area contributed by atoms with Crippen molar-refractivity contribution in [2.45, 2.75) is 6.92 Å². The zero-order chi connectivity index (χ0) is 16.8. The summed E-state index contributed by atoms with van der Waals surface area (Å²) in [4.78, 5) is 22.5. The van der Waals surface area contributed by atoms with Crippen molar-refractivity contribution in [3.63, 3.8) is 0 Å². The van der Waals surface area contributed by atoms with Gasteiger partial charge < -0.3 is 19.9 Å². The number of nitrogens with one attached hydrogen (secondary N) is 1. The second kappa shape index (κ2) is 7.25. The SMILES string of the molecule is CCOc1cc(-c2n[nH]nc2C(N)=O)ccc1OCC(=O)OC. The zero-order valence-corrected chi connectivity index (χ0v) is 12.7. The first-order chi connectivity index (χ1) is 11.1. The highest BCUT2D eigenvalue weighted by Gasteiger charge is 2.17. The molecule has 0 radical (unpaired) electrons. The van der Waals surface area contributed by atoms with Crippen molar-refractivity contribution in [1.29, 1.82) is 0 Å². The molecule has 9 nitrogen and oxygen atoms in total. The smallest absolute Gasteiger partial charge is 0.343 e. The fourth-order valence-electron chi connectivity index (χ4n) is 1.84. The van der Waals surface area contributed by atoms with Gasteiger partial charge in [-0.2, -0.15) is 15.4 Å². The van der Waals surface area contributed by atoms with E-state index in [1.807, 2.05) is 6.92 Å². The summed E-state index contributed by atoms with van der Waals surface area (Å²) in [5.74, 6) is -0.445. The standard InChI is InChI=1S/C14H16N4O5/c1-3-22-10-6-8(12-13(14(15)20)17-18-16-12)4-5-9(10)23-7-11(19)21-2/h4-6H,3,7H2,1-2H3,(H2,15,20)(H,16,17,18). The molecule has 0 aliphatic rings. The summed E-state index contributed by atoms with van der Waals surface area (Å²) in [5.41, 5.74) is 6.15. The van der Waals surface area contributed by atoms with Gasteiger partial charge in [-0.15, -0.1) is 0 Å². The first kappa shape index (κ1) is 16.3. The Kier molecular flexibility index (Phi) is 5.13. The van der Waals surface area contributed by atoms with Crippen molar-refractivity contribution in [3.05, 3.63) is 23.9 Å². The number of nitrogens with two attached hydrogens (primary N) is 1. The highest BCUT2D eigenvalue weighted by Crippen LogP contribution is 2.32. The molecular weight excluding hydrogens is 304 g/mol. The van der Waals surface area contributed by atoms with Crippen LogP contribution in [0.5, 0.6) is 11.5 Å². The van der Waals surface area contributed by atoms with E-state index in [2.05, 4.69) is 20.1 Å². The zero-order valence-electron chi connectivity index (χ0n) is 12.7. The Bertz CT molecular complexity index is 713. The monoisotopic (exact) mass is 320 g/mol. The van der Waals surface area contributed by atoms with Crippen LogP contribution in [0.2, 0.25) is 0 Å². The van der Waals surface area contributed by atoms with Gasteiger partial charge in [0.2, 0.25) is 0 Å². The summed E-state index contributed by atoms with van der Waals surface area (Å²) >= 11 is 0. The van der Waals surface area contributed by atoms with Crippen LogP contribution in [-0.2, 0) is 9.53 Å². The summed E-state index contributed by atoms with van der Waals surface area (Å²) in [5, 5.41) is 9.99. The molecule has 0 atom stereocenters. The molecule has 122 valence electrons. The molecule has 2 aromatic rings. The van der Waals surface area contributed by atoms with Crippen LogP contribution in [0.4, 0.5) is 0 Å². The number of rotatable bonds is 7. The minimum Gasteiger partial charge on any atom is -0.490 e. The molecule has 1 amide bonds. The highest BCUT2D eigenvalue weighted by molar-refractivity contribution is 5.96. The number of hydrogen-bond donors (Lipinski definition) is 2. The van der Waals surface area contributed by atoms with E-state index in [1.165, 1.54) is 7.11 Å². The number of benzene rings is 1. The van der Waals surface area contributed by atoms with E-state index in [0.717, 1.165) is 0 Å². The van der Waals surface area contributed by atoms with Crippen molar-refractivity contribution in [1.82, 2.24) is 15.4 Å². The number of hydrogen-bond acceptors (Lipinski definition) is 7. The fourth-order valence-corrected chi connectivity index (χ4v) is 1.84. The van der Waals surface area contributed by atoms with E-state index in [4.69, 9.17) is 15.2 Å². The van der Waals surface area contributed by atoms with Crippen molar-refractivity contribution < 1.29 is 23.8 Å². The van der Waals surface area contributed by atoms with Gasteiger partial charge in [0.1, 0.15) is 5.69 Å². The molecule has 0 fully saturated rings. The van der Waals surface area contributed by atoms with E-state index >= 15 is 0 Å². The van der Waals surface area contributed by atoms with Gasteiger partial charge in [-0.3, -0.25) is 4.79 Å². The Labute approximate surface area is 131 Å². The molecule has 0 unspecified atom stereocenters. The summed E-state index contributed by atoms with van der Waals surface area (Å²) in [6, 6.07) is 4.88. The Morgan fingerprint density at radius 1 is 1.22 bits per heavy atom. The van der Waals surface area contributed by atoms with Crippen LogP contribution >= 0.6 is 0 Å². The van der Waals surface area contributed by atoms with Crippen LogP contribution in [0.3, 0.4) is 0 Å². The van der Waals surface area contributed by atoms with Crippen LogP contribution in [-0.4, -0.2) is 47.6 Å². The van der Waals surface area contributed by atoms with Gasteiger partial charge in [-0.1, -0.05) is 0 Å². The number of amides is 1. The molecule has 23 heavy (non-hydrogen) atoms. The van der Waals surface area contributed by atoms with E-state index in [0.29, 0.717) is 29.4 Å². The number of methoxy groups -OCH3 is 1. The van der Waals surface area contributed by atoms with Crippen LogP contribution in [0.25, 0.3) is 11.3 Å². The maximum atomic E-state index is 11.3. The number of nitrogens with zero attached hydrogens (tertiary/aromatic N) is 2. The third-order valence-corrected chi connectivity index (χ3v) is 2.87. The van der Waals surface area contributed by atoms with Gasteiger partial charge >= 0.3 is 5.97 Å². The van der Waals surface area contributed by atoms with Crippen molar-refractivity contribution in [2.24, 2.45) is 5.73 Å². The Hall–Kier alpha value is -3.10. The van der Waals surface area contributed by atoms with Gasteiger partial charge in [0.25, 0.3) is 5.91 Å². The molecule has 0 bridgehead atoms. The summed E-state index contributed by atoms with van der Waals surface area (Å²) in [6.07, 6.45) is 0. The molecule has 1 aromatic carbocycles. The first-order valence-corrected chi connectivity index (χ1v) is 6.74. The number of aromatic nitrogens is 3. The number of primary amides is 1. The number of carbonyl (C=O) groups excluding carboxylic acids is 2. The molecular formula is C14H16N4O5. The van der Waals surface area contributed by atoms with Crippen molar-refractivity contribution in [2.75, 3.05) is 20.3 Å². The lowest BCUT2D eigenvalue weighted by Gasteiger charge is -2.12. The normalized spacial score (nSPS) is 10.2. The van der Waals surface area contributed by atoms with Crippen LogP contribution in [0.15, 0.2) is 18.2 Å². The van der Waals surface area contributed by atoms with Gasteiger partial charge in [0, 0.05) is 5.56 Å². The highest BCUT2D eigenvalue weighted by atomic mass is 16.6. The topological polar surface area (TPSA) is 129 Å². The van der Waals surface area contributed by atoms with Gasteiger partial charge in [-0.25, -0.2) is 4.79 Å². The maximum absolute atomic E-state index is 11.3. The van der Waals surface area contributed by atoms with E-state index < -0.39 is 11.9 Å². The quantitative estimate of drug-likeness (QED) is 0.711. The lowest BCUT2D eigenvalue weighted by Crippen LogP contribution is -2.13. The Morgan fingerprint density at radius 3 is 2.65 bits per heavy atom. The van der Waals surface area contributed by atoms with Gasteiger partial charge in [0.05, 0.1) is 13.7 Å². The molecule has 0 saturated carbocycles. The lowest BCUT2D eigenvalue weighted by atomic mass is 10.1. The van der Waals surface area contributed by atoms with E-state index in [-0.39, 0.29) is 12.3 Å². The Balaban J connectivity index is 2.33. The van der Waals surface area contributed by atoms with Crippen molar-refractivity contribution in [3.8, 4) is 22.8 Å². The maximum Gasteiger partial charge on any atom is 0.343 e. The molecule has 9 heteroatoms. The molecule has 1 aromatic heterocycles. The average molecular weight is 320 g/mol. The summed E-state index contributed by atoms with van der Waals surface area (Å²) in [7, 11) is 1.27. The molecule has 0 aliphatic heterocycles. The first-order valence-electron chi connectivity index (χ1n) is 6.74. The predicted octanol–water partition coefficient (Wildman–Crippen LogP) is 0.521. The van der Waals surface area contributed by atoms with E-state index in [1.54, 1.807) is 18.2 Å². The van der Waals surface area contributed by atoms with E-state index in [9.17, 15) is 9.59 Å². The number of H-pyrrole nitrogens is 1. The molecule has 0 spiro atoms. The third-order valence-electron chi connectivity index (χ3n) is 2.87. The second-order valence-corrected chi connectivity index (χ2v) is 4.34. The molecule has 0 aliphatic carbocycles. The molecule has 1 heterocycles. The van der Waals surface area contributed by atoms with Gasteiger partial charge in [0.15, 0.2) is 23.8 Å². The largest absolute Gasteiger partial charge is 0.490 e. The average Bonchev–Trinajstić information content (AvgIpc) is 3.03. The minimum absolute atomic E-state index is 0.0238. The number of carbonyl (C=O) groups is 2. The number of esters is 1. The number of ether oxygens (including phenoxy) is 3. The third kappa shape index (κ3) is 3.76. The predicted molar refractivity (Wildman–Crippen MR) is 79.0 cm³/mol. The Morgan fingerprint density at radius 2 is 2.00 bits per heavy atom. The minimum atomic E-state index is -0.697. The lowest BCUT2D eigenvalue weighted by molar-refractivity contribution is -0.142. The van der Waals surface area contributed by atoms with Crippen LogP contribution in [0.1, 0.15) is 17.4 Å². The molecule has 0 saturated heterocycles. The van der Waals surface area contributed by atoms with Gasteiger partial charge in [-0.05, 0) is 25.1 Å². The number of aromatic amines is 1.